The topological polar surface area (TPSA) is 239 Å². The fourth-order valence-corrected chi connectivity index (χ4v) is 8.67. The average molecular weight is 963 g/mol. The van der Waals surface area contributed by atoms with E-state index in [-0.39, 0.29) is 70.9 Å². The molecule has 0 spiro atoms. The smallest absolute Gasteiger partial charge is 0.272 e. The monoisotopic (exact) mass is 961 g/mol. The van der Waals surface area contributed by atoms with Crippen molar-refractivity contribution in [3.05, 3.63) is 111 Å². The molecule has 5 aromatic rings. The van der Waals surface area contributed by atoms with Gasteiger partial charge in [0.2, 0.25) is 16.0 Å². The molecule has 1 saturated carbocycles. The SMILES string of the molecule is N#Cc1ccc(O[C@H]2CC[C@H](NC(=O)c3ccc(N4CCC(OCCNS(=O)(=O)c5ccc(Nc6ncc(Br)c(Nc7cccc(F)c7C(N)=O)n6)cc5)CC4)nn3)CC2)cc1Cl. The minimum absolute atomic E-state index is 0.00847. The van der Waals surface area contributed by atoms with Crippen LogP contribution in [0.1, 0.15) is 64.9 Å². The van der Waals surface area contributed by atoms with Crippen molar-refractivity contribution < 1.29 is 31.9 Å². The minimum atomic E-state index is -3.84. The van der Waals surface area contributed by atoms with Crippen LogP contribution in [0.3, 0.4) is 0 Å². The Morgan fingerprint density at radius 2 is 1.73 bits per heavy atom. The zero-order valence-corrected chi connectivity index (χ0v) is 36.7. The molecule has 6 N–H and O–H groups in total. The van der Waals surface area contributed by atoms with Gasteiger partial charge >= 0.3 is 0 Å². The van der Waals surface area contributed by atoms with E-state index >= 15 is 0 Å². The number of piperidine rings is 1. The molecule has 328 valence electrons. The van der Waals surface area contributed by atoms with Crippen molar-refractivity contribution in [3.8, 4) is 11.8 Å². The van der Waals surface area contributed by atoms with Gasteiger partial charge < -0.3 is 36.1 Å². The number of nitrogens with one attached hydrogen (secondary N) is 4. The number of rotatable bonds is 16. The maximum absolute atomic E-state index is 14.3. The third-order valence-corrected chi connectivity index (χ3v) is 12.8. The van der Waals surface area contributed by atoms with Crippen molar-refractivity contribution in [2.24, 2.45) is 5.73 Å². The summed E-state index contributed by atoms with van der Waals surface area (Å²) in [6.45, 7) is 1.57. The van der Waals surface area contributed by atoms with Gasteiger partial charge in [0.1, 0.15) is 23.5 Å². The number of nitriles is 1. The van der Waals surface area contributed by atoms with Gasteiger partial charge in [-0.1, -0.05) is 17.7 Å². The van der Waals surface area contributed by atoms with Crippen molar-refractivity contribution in [2.45, 2.75) is 61.7 Å². The van der Waals surface area contributed by atoms with Crippen molar-refractivity contribution in [1.82, 2.24) is 30.2 Å². The molecule has 63 heavy (non-hydrogen) atoms. The Balaban J connectivity index is 0.802. The predicted octanol–water partition coefficient (Wildman–Crippen LogP) is 6.36. The van der Waals surface area contributed by atoms with Gasteiger partial charge in [0.15, 0.2) is 11.5 Å². The van der Waals surface area contributed by atoms with Gasteiger partial charge in [-0.05, 0) is 115 Å². The van der Waals surface area contributed by atoms with Gasteiger partial charge in [0, 0.05) is 43.6 Å². The minimum Gasteiger partial charge on any atom is -0.490 e. The molecule has 0 bridgehead atoms. The van der Waals surface area contributed by atoms with Crippen molar-refractivity contribution in [2.75, 3.05) is 41.8 Å². The number of ether oxygens (including phenoxy) is 2. The van der Waals surface area contributed by atoms with Crippen molar-refractivity contribution in [1.29, 1.82) is 5.26 Å². The molecule has 2 fully saturated rings. The molecule has 2 amide bonds. The van der Waals surface area contributed by atoms with Gasteiger partial charge in [-0.2, -0.15) is 10.2 Å². The van der Waals surface area contributed by atoms with E-state index in [0.29, 0.717) is 58.2 Å². The second kappa shape index (κ2) is 20.5. The Morgan fingerprint density at radius 3 is 2.41 bits per heavy atom. The normalized spacial score (nSPS) is 16.8. The van der Waals surface area contributed by atoms with E-state index in [2.05, 4.69) is 61.7 Å². The Kier molecular flexibility index (Phi) is 14.6. The molecule has 2 aromatic heterocycles. The van der Waals surface area contributed by atoms with Crippen LogP contribution in [0.25, 0.3) is 0 Å². The van der Waals surface area contributed by atoms with Gasteiger partial charge in [-0.3, -0.25) is 9.59 Å². The van der Waals surface area contributed by atoms with E-state index in [0.717, 1.165) is 31.7 Å². The summed E-state index contributed by atoms with van der Waals surface area (Å²) < 4.78 is 55.4. The molecule has 0 radical (unpaired) electrons. The molecule has 1 aliphatic heterocycles. The van der Waals surface area contributed by atoms with Crippen LogP contribution in [0.2, 0.25) is 5.02 Å². The highest BCUT2D eigenvalue weighted by Gasteiger charge is 2.26. The third kappa shape index (κ3) is 11.7. The largest absolute Gasteiger partial charge is 0.490 e. The van der Waals surface area contributed by atoms with E-state index in [4.69, 9.17) is 32.1 Å². The van der Waals surface area contributed by atoms with Crippen LogP contribution >= 0.6 is 27.5 Å². The van der Waals surface area contributed by atoms with Crippen LogP contribution < -0.4 is 36.0 Å². The number of amides is 2. The number of nitrogens with two attached hydrogens (primary N) is 1. The number of hydrogen-bond donors (Lipinski definition) is 5. The second-order valence-corrected chi connectivity index (χ2v) is 17.8. The van der Waals surface area contributed by atoms with Crippen LogP contribution in [0, 0.1) is 17.1 Å². The maximum Gasteiger partial charge on any atom is 0.272 e. The number of anilines is 5. The second-order valence-electron chi connectivity index (χ2n) is 14.7. The molecule has 7 rings (SSSR count). The lowest BCUT2D eigenvalue weighted by atomic mass is 9.93. The molecular formula is C42H42BrClFN11O6S. The van der Waals surface area contributed by atoms with Crippen molar-refractivity contribution >= 4 is 78.3 Å². The number of primary amides is 1. The molecule has 0 unspecified atom stereocenters. The lowest BCUT2D eigenvalue weighted by Crippen LogP contribution is -2.40. The first-order chi connectivity index (χ1) is 30.3. The Labute approximate surface area is 376 Å². The zero-order valence-electron chi connectivity index (χ0n) is 33.6. The lowest BCUT2D eigenvalue weighted by molar-refractivity contribution is 0.0407. The molecule has 17 nitrogen and oxygen atoms in total. The molecular weight excluding hydrogens is 921 g/mol. The number of carbonyl (C=O) groups is 2. The predicted molar refractivity (Wildman–Crippen MR) is 236 cm³/mol. The summed E-state index contributed by atoms with van der Waals surface area (Å²) in [4.78, 5) is 35.5. The highest BCUT2D eigenvalue weighted by molar-refractivity contribution is 9.10. The summed E-state index contributed by atoms with van der Waals surface area (Å²) in [5.74, 6) is -0.352. The molecule has 21 heteroatoms. The summed E-state index contributed by atoms with van der Waals surface area (Å²) in [6, 6.07) is 20.5. The fourth-order valence-electron chi connectivity index (χ4n) is 7.16. The Bertz CT molecular complexity index is 2590. The number of sulfonamides is 1. The van der Waals surface area contributed by atoms with Crippen LogP contribution in [0.15, 0.2) is 88.4 Å². The highest BCUT2D eigenvalue weighted by Crippen LogP contribution is 2.30. The summed E-state index contributed by atoms with van der Waals surface area (Å²) in [6.07, 6.45) is 5.81. The average Bonchev–Trinajstić information content (AvgIpc) is 3.27. The summed E-state index contributed by atoms with van der Waals surface area (Å²) >= 11 is 9.47. The van der Waals surface area contributed by atoms with Crippen LogP contribution in [-0.2, 0) is 14.8 Å². The van der Waals surface area contributed by atoms with Gasteiger partial charge in [0.05, 0.1) is 50.0 Å². The summed E-state index contributed by atoms with van der Waals surface area (Å²) in [5.41, 5.74) is 6.30. The quantitative estimate of drug-likeness (QED) is 0.0677. The molecule has 2 aliphatic rings. The number of aromatic nitrogens is 4. The van der Waals surface area contributed by atoms with Crippen LogP contribution in [-0.4, -0.2) is 84.9 Å². The lowest BCUT2D eigenvalue weighted by Gasteiger charge is -2.32. The van der Waals surface area contributed by atoms with Gasteiger partial charge in [-0.15, -0.1) is 10.2 Å². The van der Waals surface area contributed by atoms with Crippen LogP contribution in [0.4, 0.5) is 33.3 Å². The number of benzene rings is 3. The fraction of sp³-hybridized carbons (Fsp3) is 0.310. The number of carbonyl (C=O) groups excluding carboxylic acids is 2. The van der Waals surface area contributed by atoms with E-state index in [1.165, 1.54) is 30.5 Å². The van der Waals surface area contributed by atoms with E-state index in [9.17, 15) is 22.4 Å². The number of halogens is 3. The summed E-state index contributed by atoms with van der Waals surface area (Å²) in [7, 11) is -3.84. The van der Waals surface area contributed by atoms with E-state index in [1.807, 2.05) is 6.07 Å². The summed E-state index contributed by atoms with van der Waals surface area (Å²) in [5, 5.41) is 26.9. The number of hydrogen-bond acceptors (Lipinski definition) is 14. The highest BCUT2D eigenvalue weighted by atomic mass is 79.9. The van der Waals surface area contributed by atoms with E-state index in [1.54, 1.807) is 42.5 Å². The first-order valence-electron chi connectivity index (χ1n) is 20.0. The van der Waals surface area contributed by atoms with Gasteiger partial charge in [0.25, 0.3) is 11.8 Å². The molecule has 3 aromatic carbocycles. The number of nitrogens with zero attached hydrogens (tertiary/aromatic N) is 6. The van der Waals surface area contributed by atoms with Crippen molar-refractivity contribution in [3.63, 3.8) is 0 Å². The third-order valence-electron chi connectivity index (χ3n) is 10.4. The molecule has 3 heterocycles. The Hall–Kier alpha value is -5.98. The zero-order chi connectivity index (χ0) is 44.5. The standard InChI is InChI=1S/C42H42BrClFN11O6S/c43-32-24-48-42(53-40(32)52-35-3-1-2-34(45)38(35)39(47)57)51-27-7-12-31(13-8-27)63(59,60)49-18-21-61-28-16-19-56(20-17-28)37-15-14-36(54-55-37)41(58)50-26-5-10-29(11-6-26)62-30-9-4-25(23-46)33(44)22-30/h1-4,7-9,12-15,22,24,26,28-29,49H,5-6,10-11,16-21H2,(H2,47,57)(H,50,58)(H2,48,51,52,53)/t26-,29-. The molecule has 1 aliphatic carbocycles. The Morgan fingerprint density at radius 1 is 0.968 bits per heavy atom. The van der Waals surface area contributed by atoms with Gasteiger partial charge in [-0.25, -0.2) is 22.5 Å². The maximum atomic E-state index is 14.3. The van der Waals surface area contributed by atoms with Crippen LogP contribution in [0.5, 0.6) is 5.75 Å². The molecule has 1 saturated heterocycles. The first-order valence-corrected chi connectivity index (χ1v) is 22.6. The molecule has 0 atom stereocenters. The van der Waals surface area contributed by atoms with E-state index < -0.39 is 21.7 Å². The first kappa shape index (κ1) is 45.1.